The van der Waals surface area contributed by atoms with Gasteiger partial charge >= 0.3 is 6.09 Å². The fourth-order valence-electron chi connectivity index (χ4n) is 4.07. The molecule has 0 aliphatic carbocycles. The SMILES string of the molecule is Cn1c(-c2ccc(N3CCOCC3)cc2)cnc1[C@H](Cc1ccccn1)NC(=O)OC(C)(C)C. The van der Waals surface area contributed by atoms with Crippen molar-refractivity contribution in [3.8, 4) is 11.3 Å². The summed E-state index contributed by atoms with van der Waals surface area (Å²) in [7, 11) is 1.97. The number of carbonyl (C=O) groups is 1. The molecule has 0 spiro atoms. The molecule has 1 N–H and O–H groups in total. The van der Waals surface area contributed by atoms with Gasteiger partial charge in [-0.3, -0.25) is 4.98 Å². The Hall–Kier alpha value is -3.39. The lowest BCUT2D eigenvalue weighted by Crippen LogP contribution is -2.36. The lowest BCUT2D eigenvalue weighted by Gasteiger charge is -2.29. The molecule has 2 aromatic heterocycles. The summed E-state index contributed by atoms with van der Waals surface area (Å²) < 4.78 is 13.0. The highest BCUT2D eigenvalue weighted by atomic mass is 16.6. The zero-order valence-corrected chi connectivity index (χ0v) is 20.3. The molecule has 1 amide bonds. The largest absolute Gasteiger partial charge is 0.444 e. The van der Waals surface area contributed by atoms with Crippen LogP contribution in [0.1, 0.15) is 38.3 Å². The average molecular weight is 464 g/mol. The maximum atomic E-state index is 12.6. The molecule has 1 saturated heterocycles. The molecule has 8 nitrogen and oxygen atoms in total. The maximum Gasteiger partial charge on any atom is 0.408 e. The van der Waals surface area contributed by atoms with Crippen LogP contribution in [0.4, 0.5) is 10.5 Å². The number of hydrogen-bond donors (Lipinski definition) is 1. The van der Waals surface area contributed by atoms with Crippen LogP contribution in [0.15, 0.2) is 54.9 Å². The van der Waals surface area contributed by atoms with Gasteiger partial charge in [-0.2, -0.15) is 0 Å². The summed E-state index contributed by atoms with van der Waals surface area (Å²) in [4.78, 5) is 24.1. The summed E-state index contributed by atoms with van der Waals surface area (Å²) in [5, 5.41) is 2.99. The van der Waals surface area contributed by atoms with E-state index >= 15 is 0 Å². The van der Waals surface area contributed by atoms with Crippen molar-refractivity contribution >= 4 is 11.8 Å². The highest BCUT2D eigenvalue weighted by Crippen LogP contribution is 2.27. The summed E-state index contributed by atoms with van der Waals surface area (Å²) in [6, 6.07) is 13.9. The van der Waals surface area contributed by atoms with Crippen molar-refractivity contribution in [2.24, 2.45) is 7.05 Å². The summed E-state index contributed by atoms with van der Waals surface area (Å²) in [5.41, 5.74) is 3.50. The van der Waals surface area contributed by atoms with Gasteiger partial charge in [0.25, 0.3) is 0 Å². The van der Waals surface area contributed by atoms with E-state index in [1.807, 2.05) is 56.8 Å². The minimum Gasteiger partial charge on any atom is -0.444 e. The number of amides is 1. The van der Waals surface area contributed by atoms with Crippen LogP contribution in [0.25, 0.3) is 11.3 Å². The Labute approximate surface area is 200 Å². The Kier molecular flexibility index (Phi) is 7.17. The number of nitrogens with zero attached hydrogens (tertiary/aromatic N) is 4. The number of carbonyl (C=O) groups excluding carboxylic acids is 1. The number of alkyl carbamates (subject to hydrolysis) is 1. The summed E-state index contributed by atoms with van der Waals surface area (Å²) >= 11 is 0. The van der Waals surface area contributed by atoms with E-state index in [-0.39, 0.29) is 0 Å². The Bertz CT molecular complexity index is 1080. The van der Waals surface area contributed by atoms with Crippen molar-refractivity contribution in [3.05, 3.63) is 66.4 Å². The first kappa shape index (κ1) is 23.8. The van der Waals surface area contributed by atoms with Crippen LogP contribution < -0.4 is 10.2 Å². The van der Waals surface area contributed by atoms with E-state index in [0.717, 1.165) is 49.1 Å². The van der Waals surface area contributed by atoms with Gasteiger partial charge in [-0.15, -0.1) is 0 Å². The number of rotatable bonds is 6. The van der Waals surface area contributed by atoms with Crippen LogP contribution in [0.5, 0.6) is 0 Å². The minimum atomic E-state index is -0.589. The van der Waals surface area contributed by atoms with Gasteiger partial charge in [-0.25, -0.2) is 9.78 Å². The summed E-state index contributed by atoms with van der Waals surface area (Å²) in [5.74, 6) is 0.740. The van der Waals surface area contributed by atoms with Crippen molar-refractivity contribution < 1.29 is 14.3 Å². The van der Waals surface area contributed by atoms with Crippen molar-refractivity contribution in [1.82, 2.24) is 19.9 Å². The topological polar surface area (TPSA) is 81.5 Å². The predicted octanol–water partition coefficient (Wildman–Crippen LogP) is 4.13. The van der Waals surface area contributed by atoms with Crippen molar-refractivity contribution in [1.29, 1.82) is 0 Å². The molecular weight excluding hydrogens is 430 g/mol. The van der Waals surface area contributed by atoms with Crippen LogP contribution in [-0.2, 0) is 22.9 Å². The fourth-order valence-corrected chi connectivity index (χ4v) is 4.07. The second-order valence-corrected chi connectivity index (χ2v) is 9.43. The van der Waals surface area contributed by atoms with Crippen molar-refractivity contribution in [2.45, 2.75) is 38.8 Å². The number of hydrogen-bond acceptors (Lipinski definition) is 6. The molecule has 0 saturated carbocycles. The lowest BCUT2D eigenvalue weighted by molar-refractivity contribution is 0.0500. The molecule has 0 radical (unpaired) electrons. The van der Waals surface area contributed by atoms with E-state index in [0.29, 0.717) is 6.42 Å². The maximum absolute atomic E-state index is 12.6. The molecule has 1 atom stereocenters. The van der Waals surface area contributed by atoms with Crippen LogP contribution in [0.3, 0.4) is 0 Å². The standard InChI is InChI=1S/C26H33N5O3/c1-26(2,3)34-25(32)29-22(17-20-7-5-6-12-27-20)24-28-18-23(30(24)4)19-8-10-21(11-9-19)31-13-15-33-16-14-31/h5-12,18,22H,13-17H2,1-4H3,(H,29,32)/t22-/m0/s1. The molecule has 1 fully saturated rings. The second kappa shape index (κ2) is 10.3. The van der Waals surface area contributed by atoms with E-state index in [2.05, 4.69) is 44.5 Å². The molecule has 3 heterocycles. The number of anilines is 1. The second-order valence-electron chi connectivity index (χ2n) is 9.43. The normalized spacial score (nSPS) is 15.1. The van der Waals surface area contributed by atoms with Gasteiger partial charge in [0.05, 0.1) is 31.1 Å². The molecule has 1 aliphatic rings. The number of imidazole rings is 1. The van der Waals surface area contributed by atoms with Crippen molar-refractivity contribution in [2.75, 3.05) is 31.2 Å². The molecule has 0 unspecified atom stereocenters. The van der Waals surface area contributed by atoms with Gasteiger partial charge < -0.3 is 24.3 Å². The van der Waals surface area contributed by atoms with Crippen LogP contribution in [0.2, 0.25) is 0 Å². The van der Waals surface area contributed by atoms with Crippen LogP contribution in [0, 0.1) is 0 Å². The first-order valence-corrected chi connectivity index (χ1v) is 11.6. The molecular formula is C26H33N5O3. The zero-order chi connectivity index (χ0) is 24.1. The van der Waals surface area contributed by atoms with E-state index in [9.17, 15) is 4.79 Å². The summed E-state index contributed by atoms with van der Waals surface area (Å²) in [6.07, 6.45) is 3.62. The molecule has 0 bridgehead atoms. The lowest BCUT2D eigenvalue weighted by atomic mass is 10.1. The third kappa shape index (κ3) is 5.94. The minimum absolute atomic E-state index is 0.392. The van der Waals surface area contributed by atoms with Gasteiger partial charge in [-0.1, -0.05) is 18.2 Å². The fraction of sp³-hybridized carbons (Fsp3) is 0.423. The predicted molar refractivity (Wildman–Crippen MR) is 132 cm³/mol. The van der Waals surface area contributed by atoms with Gasteiger partial charge in [0.1, 0.15) is 11.4 Å². The number of aromatic nitrogens is 3. The van der Waals surface area contributed by atoms with Gasteiger partial charge in [0.15, 0.2) is 0 Å². The molecule has 34 heavy (non-hydrogen) atoms. The molecule has 4 rings (SSSR count). The molecule has 1 aliphatic heterocycles. The molecule has 180 valence electrons. The van der Waals surface area contributed by atoms with Gasteiger partial charge in [-0.05, 0) is 50.6 Å². The molecule has 3 aromatic rings. The summed E-state index contributed by atoms with van der Waals surface area (Å²) in [6.45, 7) is 8.87. The highest BCUT2D eigenvalue weighted by Gasteiger charge is 2.25. The van der Waals surface area contributed by atoms with Crippen molar-refractivity contribution in [3.63, 3.8) is 0 Å². The highest BCUT2D eigenvalue weighted by molar-refractivity contribution is 5.68. The quantitative estimate of drug-likeness (QED) is 0.592. The first-order valence-electron chi connectivity index (χ1n) is 11.6. The Morgan fingerprint density at radius 1 is 1.12 bits per heavy atom. The van der Waals surface area contributed by atoms with Gasteiger partial charge in [0.2, 0.25) is 0 Å². The van der Waals surface area contributed by atoms with E-state index in [1.54, 1.807) is 6.20 Å². The number of morpholine rings is 1. The van der Waals surface area contributed by atoms with E-state index in [1.165, 1.54) is 5.69 Å². The average Bonchev–Trinajstić information content (AvgIpc) is 3.20. The number of benzene rings is 1. The number of pyridine rings is 1. The monoisotopic (exact) mass is 463 g/mol. The molecule has 1 aromatic carbocycles. The van der Waals surface area contributed by atoms with Crippen LogP contribution >= 0.6 is 0 Å². The Balaban J connectivity index is 1.57. The molecule has 8 heteroatoms. The Morgan fingerprint density at radius 2 is 1.85 bits per heavy atom. The zero-order valence-electron chi connectivity index (χ0n) is 20.3. The number of nitrogens with one attached hydrogen (secondary N) is 1. The van der Waals surface area contributed by atoms with Crippen LogP contribution in [-0.4, -0.2) is 52.5 Å². The van der Waals surface area contributed by atoms with E-state index < -0.39 is 17.7 Å². The third-order valence-electron chi connectivity index (χ3n) is 5.71. The van der Waals surface area contributed by atoms with Gasteiger partial charge in [0, 0.05) is 44.1 Å². The Morgan fingerprint density at radius 3 is 2.50 bits per heavy atom. The van der Waals surface area contributed by atoms with E-state index in [4.69, 9.17) is 9.47 Å². The number of ether oxygens (including phenoxy) is 2. The third-order valence-corrected chi connectivity index (χ3v) is 5.71. The smallest absolute Gasteiger partial charge is 0.408 e. The first-order chi connectivity index (χ1) is 16.3.